The summed E-state index contributed by atoms with van der Waals surface area (Å²) in [5, 5.41) is 7.22. The minimum atomic E-state index is 0. The van der Waals surface area contributed by atoms with E-state index in [9.17, 15) is 0 Å². The fourth-order valence-corrected chi connectivity index (χ4v) is 2.02. The second kappa shape index (κ2) is 7.68. The lowest BCUT2D eigenvalue weighted by Crippen LogP contribution is -2.13. The van der Waals surface area contributed by atoms with Crippen LogP contribution >= 0.6 is 12.4 Å². The maximum Gasteiger partial charge on any atom is 0.159 e. The van der Waals surface area contributed by atoms with Gasteiger partial charge in [-0.3, -0.25) is 0 Å². The minimum Gasteiger partial charge on any atom is -0.361 e. The third kappa shape index (κ3) is 4.13. The van der Waals surface area contributed by atoms with E-state index in [0.717, 1.165) is 28.4 Å². The average molecular weight is 317 g/mol. The van der Waals surface area contributed by atoms with Gasteiger partial charge in [-0.2, -0.15) is 0 Å². The molecule has 114 valence electrons. The van der Waals surface area contributed by atoms with Crippen molar-refractivity contribution >= 4 is 12.4 Å². The lowest BCUT2D eigenvalue weighted by Gasteiger charge is -2.04. The zero-order valence-corrected chi connectivity index (χ0v) is 13.0. The summed E-state index contributed by atoms with van der Waals surface area (Å²) in [7, 11) is 0. The van der Waals surface area contributed by atoms with E-state index < -0.39 is 0 Å². The molecule has 0 aliphatic heterocycles. The van der Waals surface area contributed by atoms with Crippen molar-refractivity contribution < 1.29 is 4.52 Å². The van der Waals surface area contributed by atoms with E-state index in [-0.39, 0.29) is 12.4 Å². The molecule has 2 aromatic heterocycles. The summed E-state index contributed by atoms with van der Waals surface area (Å²) in [6.45, 7) is 3.24. The number of benzene rings is 1. The lowest BCUT2D eigenvalue weighted by atomic mass is 10.2. The molecule has 3 rings (SSSR count). The van der Waals surface area contributed by atoms with Crippen LogP contribution in [0.25, 0.3) is 11.4 Å². The lowest BCUT2D eigenvalue weighted by molar-refractivity contribution is 0.388. The summed E-state index contributed by atoms with van der Waals surface area (Å²) >= 11 is 0. The molecule has 0 atom stereocenters. The SMILES string of the molecule is Cc1cc(CNCc2cnc(-c3ccccc3)nc2)no1.Cl. The first-order valence-corrected chi connectivity index (χ1v) is 6.80. The number of aryl methyl sites for hydroxylation is 1. The van der Waals surface area contributed by atoms with Crippen molar-refractivity contribution in [2.45, 2.75) is 20.0 Å². The predicted octanol–water partition coefficient (Wildman–Crippen LogP) is 3.15. The van der Waals surface area contributed by atoms with Gasteiger partial charge in [0, 0.05) is 42.7 Å². The summed E-state index contributed by atoms with van der Waals surface area (Å²) in [6, 6.07) is 11.9. The molecule has 1 N–H and O–H groups in total. The highest BCUT2D eigenvalue weighted by atomic mass is 35.5. The molecule has 0 saturated carbocycles. The van der Waals surface area contributed by atoms with Crippen molar-refractivity contribution in [1.29, 1.82) is 0 Å². The van der Waals surface area contributed by atoms with E-state index >= 15 is 0 Å². The molecule has 0 amide bonds. The van der Waals surface area contributed by atoms with Gasteiger partial charge in [0.2, 0.25) is 0 Å². The highest BCUT2D eigenvalue weighted by Gasteiger charge is 2.02. The van der Waals surface area contributed by atoms with Crippen molar-refractivity contribution in [2.75, 3.05) is 0 Å². The Balaban J connectivity index is 0.00000176. The number of rotatable bonds is 5. The van der Waals surface area contributed by atoms with Crippen LogP contribution in [0.15, 0.2) is 53.3 Å². The fraction of sp³-hybridized carbons (Fsp3) is 0.188. The number of halogens is 1. The Morgan fingerprint density at radius 2 is 1.77 bits per heavy atom. The summed E-state index contributed by atoms with van der Waals surface area (Å²) in [5.41, 5.74) is 2.96. The molecule has 0 spiro atoms. The van der Waals surface area contributed by atoms with Gasteiger partial charge in [0.25, 0.3) is 0 Å². The Kier molecular flexibility index (Phi) is 5.63. The van der Waals surface area contributed by atoms with Crippen LogP contribution in [0.5, 0.6) is 0 Å². The molecule has 0 bridgehead atoms. The second-order valence-corrected chi connectivity index (χ2v) is 4.81. The molecular weight excluding hydrogens is 300 g/mol. The highest BCUT2D eigenvalue weighted by molar-refractivity contribution is 5.85. The Morgan fingerprint density at radius 3 is 2.41 bits per heavy atom. The summed E-state index contributed by atoms with van der Waals surface area (Å²) in [5.74, 6) is 1.56. The molecule has 0 saturated heterocycles. The minimum absolute atomic E-state index is 0. The molecule has 22 heavy (non-hydrogen) atoms. The van der Waals surface area contributed by atoms with Gasteiger partial charge >= 0.3 is 0 Å². The Labute approximate surface area is 135 Å². The van der Waals surface area contributed by atoms with E-state index in [4.69, 9.17) is 4.52 Å². The first kappa shape index (κ1) is 16.1. The first-order chi connectivity index (χ1) is 10.3. The topological polar surface area (TPSA) is 63.8 Å². The number of aromatic nitrogens is 3. The predicted molar refractivity (Wildman–Crippen MR) is 86.5 cm³/mol. The van der Waals surface area contributed by atoms with E-state index in [1.54, 1.807) is 0 Å². The smallest absolute Gasteiger partial charge is 0.159 e. The normalized spacial score (nSPS) is 10.2. The number of nitrogens with one attached hydrogen (secondary N) is 1. The van der Waals surface area contributed by atoms with Crippen molar-refractivity contribution in [2.24, 2.45) is 0 Å². The third-order valence-electron chi connectivity index (χ3n) is 3.05. The standard InChI is InChI=1S/C16H16N4O.ClH/c1-12-7-15(20-21-12)11-17-8-13-9-18-16(19-10-13)14-5-3-2-4-6-14;/h2-7,9-10,17H,8,11H2,1H3;1H. The molecule has 0 aliphatic rings. The summed E-state index contributed by atoms with van der Waals surface area (Å²) in [6.07, 6.45) is 3.69. The van der Waals surface area contributed by atoms with Gasteiger partial charge in [0.1, 0.15) is 5.76 Å². The van der Waals surface area contributed by atoms with Crippen LogP contribution in [0.2, 0.25) is 0 Å². The first-order valence-electron chi connectivity index (χ1n) is 6.80. The van der Waals surface area contributed by atoms with Gasteiger partial charge in [-0.1, -0.05) is 35.5 Å². The Hall–Kier alpha value is -2.24. The van der Waals surface area contributed by atoms with Crippen molar-refractivity contribution in [3.8, 4) is 11.4 Å². The van der Waals surface area contributed by atoms with Crippen LogP contribution in [0.3, 0.4) is 0 Å². The van der Waals surface area contributed by atoms with Crippen molar-refractivity contribution in [1.82, 2.24) is 20.4 Å². The monoisotopic (exact) mass is 316 g/mol. The zero-order chi connectivity index (χ0) is 14.5. The quantitative estimate of drug-likeness (QED) is 0.783. The number of hydrogen-bond acceptors (Lipinski definition) is 5. The van der Waals surface area contributed by atoms with Gasteiger partial charge in [0.15, 0.2) is 5.82 Å². The van der Waals surface area contributed by atoms with Crippen LogP contribution in [-0.2, 0) is 13.1 Å². The van der Waals surface area contributed by atoms with E-state index in [1.807, 2.05) is 55.7 Å². The third-order valence-corrected chi connectivity index (χ3v) is 3.05. The Morgan fingerprint density at radius 1 is 1.05 bits per heavy atom. The van der Waals surface area contributed by atoms with Gasteiger partial charge in [-0.25, -0.2) is 9.97 Å². The van der Waals surface area contributed by atoms with Crippen LogP contribution in [-0.4, -0.2) is 15.1 Å². The Bertz CT molecular complexity index is 698. The number of hydrogen-bond donors (Lipinski definition) is 1. The van der Waals surface area contributed by atoms with Gasteiger partial charge in [-0.05, 0) is 6.92 Å². The van der Waals surface area contributed by atoms with Crippen molar-refractivity contribution in [3.63, 3.8) is 0 Å². The molecule has 2 heterocycles. The van der Waals surface area contributed by atoms with Crippen molar-refractivity contribution in [3.05, 3.63) is 65.8 Å². The average Bonchev–Trinajstić information content (AvgIpc) is 2.94. The largest absolute Gasteiger partial charge is 0.361 e. The molecule has 0 unspecified atom stereocenters. The summed E-state index contributed by atoms with van der Waals surface area (Å²) in [4.78, 5) is 8.79. The second-order valence-electron chi connectivity index (χ2n) is 4.81. The fourth-order valence-electron chi connectivity index (χ4n) is 2.02. The van der Waals surface area contributed by atoms with Gasteiger partial charge in [0.05, 0.1) is 5.69 Å². The molecular formula is C16H17ClN4O. The molecule has 0 fully saturated rings. The van der Waals surface area contributed by atoms with Gasteiger partial charge in [-0.15, -0.1) is 12.4 Å². The van der Waals surface area contributed by atoms with Crippen LogP contribution in [0.4, 0.5) is 0 Å². The van der Waals surface area contributed by atoms with Crippen LogP contribution in [0.1, 0.15) is 17.0 Å². The van der Waals surface area contributed by atoms with E-state index in [0.29, 0.717) is 13.1 Å². The molecule has 1 aromatic carbocycles. The molecule has 0 radical (unpaired) electrons. The molecule has 0 aliphatic carbocycles. The zero-order valence-electron chi connectivity index (χ0n) is 12.2. The molecule has 6 heteroatoms. The maximum absolute atomic E-state index is 5.02. The van der Waals surface area contributed by atoms with E-state index in [1.165, 1.54) is 0 Å². The van der Waals surface area contributed by atoms with Crippen LogP contribution in [0, 0.1) is 6.92 Å². The summed E-state index contributed by atoms with van der Waals surface area (Å²) < 4.78 is 5.02. The number of nitrogens with zero attached hydrogens (tertiary/aromatic N) is 3. The maximum atomic E-state index is 5.02. The molecule has 3 aromatic rings. The van der Waals surface area contributed by atoms with Crippen LogP contribution < -0.4 is 5.32 Å². The molecule has 5 nitrogen and oxygen atoms in total. The highest BCUT2D eigenvalue weighted by Crippen LogP contribution is 2.13. The van der Waals surface area contributed by atoms with Gasteiger partial charge < -0.3 is 9.84 Å². The van der Waals surface area contributed by atoms with E-state index in [2.05, 4.69) is 20.4 Å².